The summed E-state index contributed by atoms with van der Waals surface area (Å²) in [7, 11) is 0. The number of benzene rings is 1. The second-order valence-electron chi connectivity index (χ2n) is 3.73. The van der Waals surface area contributed by atoms with Gasteiger partial charge in [0.2, 0.25) is 5.91 Å². The molecule has 6 heteroatoms. The lowest BCUT2D eigenvalue weighted by Gasteiger charge is -2.08. The van der Waals surface area contributed by atoms with Crippen molar-refractivity contribution in [3.05, 3.63) is 35.4 Å². The highest BCUT2D eigenvalue weighted by Crippen LogP contribution is 2.18. The molecule has 0 heterocycles. The van der Waals surface area contributed by atoms with Crippen LogP contribution in [-0.4, -0.2) is 23.8 Å². The second kappa shape index (κ2) is 6.81. The van der Waals surface area contributed by atoms with Crippen LogP contribution in [0.1, 0.15) is 17.5 Å². The van der Waals surface area contributed by atoms with E-state index in [0.29, 0.717) is 11.1 Å². The predicted molar refractivity (Wildman–Crippen MR) is 62.9 cm³/mol. The van der Waals surface area contributed by atoms with E-state index in [2.05, 4.69) is 17.2 Å². The lowest BCUT2D eigenvalue weighted by molar-refractivity contribution is -0.153. The Balaban J connectivity index is 2.56. The van der Waals surface area contributed by atoms with E-state index in [9.17, 15) is 18.0 Å². The summed E-state index contributed by atoms with van der Waals surface area (Å²) in [6, 6.07) is 6.67. The maximum absolute atomic E-state index is 11.9. The molecule has 2 N–H and O–H groups in total. The van der Waals surface area contributed by atoms with E-state index in [1.54, 1.807) is 24.3 Å². The fourth-order valence-corrected chi connectivity index (χ4v) is 1.35. The maximum atomic E-state index is 11.9. The molecule has 1 amide bonds. The van der Waals surface area contributed by atoms with Gasteiger partial charge in [-0.15, -0.1) is 0 Å². The summed E-state index contributed by atoms with van der Waals surface area (Å²) in [6.45, 7) is -0.268. The molecule has 0 spiro atoms. The van der Waals surface area contributed by atoms with Gasteiger partial charge in [0.15, 0.2) is 0 Å². The summed E-state index contributed by atoms with van der Waals surface area (Å²) < 4.78 is 35.8. The SMILES string of the molecule is O=C(CC(F)(F)F)NCc1cccc(C#CCO)c1. The zero-order valence-electron chi connectivity index (χ0n) is 9.92. The summed E-state index contributed by atoms with van der Waals surface area (Å²) in [5, 5.41) is 10.7. The first kappa shape index (κ1) is 15.1. The van der Waals surface area contributed by atoms with Crippen LogP contribution in [0.15, 0.2) is 24.3 Å². The number of rotatable bonds is 3. The van der Waals surface area contributed by atoms with Gasteiger partial charge in [0, 0.05) is 12.1 Å². The molecule has 0 saturated carbocycles. The van der Waals surface area contributed by atoms with Crippen LogP contribution in [0.3, 0.4) is 0 Å². The molecule has 0 saturated heterocycles. The van der Waals surface area contributed by atoms with Crippen molar-refractivity contribution in [2.45, 2.75) is 19.1 Å². The van der Waals surface area contributed by atoms with Crippen LogP contribution in [-0.2, 0) is 11.3 Å². The zero-order chi connectivity index (χ0) is 14.3. The third-order valence-electron chi connectivity index (χ3n) is 2.09. The van der Waals surface area contributed by atoms with Gasteiger partial charge in [-0.1, -0.05) is 24.0 Å². The molecule has 1 aromatic rings. The fraction of sp³-hybridized carbons (Fsp3) is 0.308. The highest BCUT2D eigenvalue weighted by molar-refractivity contribution is 5.76. The first-order valence-electron chi connectivity index (χ1n) is 5.43. The van der Waals surface area contributed by atoms with E-state index in [0.717, 1.165) is 0 Å². The average molecular weight is 271 g/mol. The van der Waals surface area contributed by atoms with E-state index in [-0.39, 0.29) is 13.2 Å². The van der Waals surface area contributed by atoms with Crippen LogP contribution in [0.4, 0.5) is 13.2 Å². The average Bonchev–Trinajstić information content (AvgIpc) is 2.32. The largest absolute Gasteiger partial charge is 0.397 e. The molecule has 19 heavy (non-hydrogen) atoms. The van der Waals surface area contributed by atoms with Crippen molar-refractivity contribution < 1.29 is 23.1 Å². The minimum atomic E-state index is -4.50. The van der Waals surface area contributed by atoms with Gasteiger partial charge in [-0.2, -0.15) is 13.2 Å². The van der Waals surface area contributed by atoms with Crippen molar-refractivity contribution in [2.75, 3.05) is 6.61 Å². The van der Waals surface area contributed by atoms with Gasteiger partial charge >= 0.3 is 6.18 Å². The van der Waals surface area contributed by atoms with E-state index >= 15 is 0 Å². The van der Waals surface area contributed by atoms with Crippen LogP contribution in [0.25, 0.3) is 0 Å². The van der Waals surface area contributed by atoms with Crippen molar-refractivity contribution in [1.29, 1.82) is 0 Å². The monoisotopic (exact) mass is 271 g/mol. The van der Waals surface area contributed by atoms with E-state index < -0.39 is 18.5 Å². The fourth-order valence-electron chi connectivity index (χ4n) is 1.35. The van der Waals surface area contributed by atoms with Crippen molar-refractivity contribution in [3.63, 3.8) is 0 Å². The standard InChI is InChI=1S/C13H12F3NO2/c14-13(15,16)8-12(19)17-9-11-4-1-3-10(7-11)5-2-6-18/h1,3-4,7,18H,6,8-9H2,(H,17,19). The summed E-state index contributed by atoms with van der Waals surface area (Å²) >= 11 is 0. The number of alkyl halides is 3. The Bertz CT molecular complexity index is 501. The van der Waals surface area contributed by atoms with E-state index in [4.69, 9.17) is 5.11 Å². The summed E-state index contributed by atoms with van der Waals surface area (Å²) in [4.78, 5) is 11.0. The Kier molecular flexibility index (Phi) is 5.39. The van der Waals surface area contributed by atoms with Crippen LogP contribution in [0, 0.1) is 11.8 Å². The van der Waals surface area contributed by atoms with Crippen LogP contribution < -0.4 is 5.32 Å². The Morgan fingerprint density at radius 3 is 2.74 bits per heavy atom. The Morgan fingerprint density at radius 1 is 1.37 bits per heavy atom. The van der Waals surface area contributed by atoms with E-state index in [1.807, 2.05) is 0 Å². The van der Waals surface area contributed by atoms with Crippen molar-refractivity contribution >= 4 is 5.91 Å². The first-order chi connectivity index (χ1) is 8.90. The normalized spacial score (nSPS) is 10.5. The molecule has 0 bridgehead atoms. The molecule has 0 unspecified atom stereocenters. The number of carbonyl (C=O) groups excluding carboxylic acids is 1. The molecule has 0 aliphatic carbocycles. The zero-order valence-corrected chi connectivity index (χ0v) is 9.92. The molecule has 0 atom stereocenters. The molecule has 3 nitrogen and oxygen atoms in total. The van der Waals surface area contributed by atoms with Gasteiger partial charge in [-0.05, 0) is 17.7 Å². The number of amides is 1. The van der Waals surface area contributed by atoms with Gasteiger partial charge in [0.05, 0.1) is 0 Å². The minimum Gasteiger partial charge on any atom is -0.384 e. The molecule has 0 radical (unpaired) electrons. The molecule has 0 aliphatic heterocycles. The Labute approximate surface area is 108 Å². The van der Waals surface area contributed by atoms with Crippen molar-refractivity contribution in [1.82, 2.24) is 5.32 Å². The highest BCUT2D eigenvalue weighted by Gasteiger charge is 2.30. The quantitative estimate of drug-likeness (QED) is 0.820. The van der Waals surface area contributed by atoms with E-state index in [1.165, 1.54) is 0 Å². The number of hydrogen-bond donors (Lipinski definition) is 2. The molecule has 0 aromatic heterocycles. The van der Waals surface area contributed by atoms with Crippen molar-refractivity contribution in [2.24, 2.45) is 0 Å². The van der Waals surface area contributed by atoms with Gasteiger partial charge < -0.3 is 10.4 Å². The summed E-state index contributed by atoms with van der Waals surface area (Å²) in [6.07, 6.45) is -5.99. The van der Waals surface area contributed by atoms with Crippen LogP contribution in [0.2, 0.25) is 0 Å². The topological polar surface area (TPSA) is 49.3 Å². The number of carbonyl (C=O) groups is 1. The number of halogens is 3. The number of aliphatic hydroxyl groups excluding tert-OH is 1. The van der Waals surface area contributed by atoms with Crippen LogP contribution in [0.5, 0.6) is 0 Å². The predicted octanol–water partition coefficient (Wildman–Crippen LogP) is 1.60. The molecule has 1 rings (SSSR count). The lowest BCUT2D eigenvalue weighted by atomic mass is 10.1. The smallest absolute Gasteiger partial charge is 0.384 e. The number of hydrogen-bond acceptors (Lipinski definition) is 2. The third-order valence-corrected chi connectivity index (χ3v) is 2.09. The molecular weight excluding hydrogens is 259 g/mol. The summed E-state index contributed by atoms with van der Waals surface area (Å²) in [5.74, 6) is 4.05. The Hall–Kier alpha value is -2.00. The van der Waals surface area contributed by atoms with Gasteiger partial charge in [0.1, 0.15) is 13.0 Å². The minimum absolute atomic E-state index is 0.00353. The van der Waals surface area contributed by atoms with Gasteiger partial charge in [-0.25, -0.2) is 0 Å². The summed E-state index contributed by atoms with van der Waals surface area (Å²) in [5.41, 5.74) is 1.26. The molecule has 0 fully saturated rings. The molecule has 102 valence electrons. The Morgan fingerprint density at radius 2 is 2.11 bits per heavy atom. The maximum Gasteiger partial charge on any atom is 0.397 e. The van der Waals surface area contributed by atoms with Gasteiger partial charge in [0.25, 0.3) is 0 Å². The molecule has 1 aromatic carbocycles. The van der Waals surface area contributed by atoms with Crippen molar-refractivity contribution in [3.8, 4) is 11.8 Å². The lowest BCUT2D eigenvalue weighted by Crippen LogP contribution is -2.28. The first-order valence-corrected chi connectivity index (χ1v) is 5.43. The highest BCUT2D eigenvalue weighted by atomic mass is 19.4. The molecular formula is C13H12F3NO2. The second-order valence-corrected chi connectivity index (χ2v) is 3.73. The third kappa shape index (κ3) is 6.48. The number of aliphatic hydroxyl groups is 1. The van der Waals surface area contributed by atoms with Crippen LogP contribution >= 0.6 is 0 Å². The van der Waals surface area contributed by atoms with Gasteiger partial charge in [-0.3, -0.25) is 4.79 Å². The number of nitrogens with one attached hydrogen (secondary N) is 1. The molecule has 0 aliphatic rings.